The number of rotatable bonds is 8. The molecule has 1 aliphatic heterocycles. The van der Waals surface area contributed by atoms with Crippen LogP contribution in [0.1, 0.15) is 55.1 Å². The van der Waals surface area contributed by atoms with E-state index in [1.165, 1.54) is 12.7 Å². The first-order valence-corrected chi connectivity index (χ1v) is 14.3. The molecule has 5 nitrogen and oxygen atoms in total. The molecule has 6 heteroatoms. The number of methoxy groups -OCH3 is 1. The Balaban J connectivity index is 0.00000129. The molecule has 1 fully saturated rings. The molecule has 3 atom stereocenters. The zero-order chi connectivity index (χ0) is 24.6. The van der Waals surface area contributed by atoms with Crippen molar-refractivity contribution >= 4 is 37.6 Å². The third kappa shape index (κ3) is 9.20. The fraction of sp³-hybridized carbons (Fsp3) is 0.481. The molecular weight excluding hydrogens is 608 g/mol. The number of hydrogen-bond acceptors (Lipinski definition) is 4. The van der Waals surface area contributed by atoms with Gasteiger partial charge >= 0.3 is 183 Å². The molecule has 1 amide bonds. The van der Waals surface area contributed by atoms with E-state index in [2.05, 4.69) is 29.6 Å². The number of aryl methyl sites for hydroxylation is 1. The minimum absolute atomic E-state index is 0.0341. The van der Waals surface area contributed by atoms with E-state index >= 15 is 0 Å². The predicted octanol–water partition coefficient (Wildman–Crippen LogP) is 4.31. The Hall–Kier alpha value is -1.74. The molecule has 0 saturated carbocycles. The Bertz CT molecular complexity index is 802. The van der Waals surface area contributed by atoms with Crippen molar-refractivity contribution in [1.82, 2.24) is 10.2 Å². The number of ether oxygens (including phenoxy) is 1. The maximum atomic E-state index is 13.2. The first-order valence-electron chi connectivity index (χ1n) is 12.0. The average Bonchev–Trinajstić information content (AvgIpc) is 3.33. The van der Waals surface area contributed by atoms with Crippen molar-refractivity contribution in [2.75, 3.05) is 20.2 Å². The third-order valence-corrected chi connectivity index (χ3v) is 7.61. The number of hydrogen-bond donors (Lipinski definition) is 1. The van der Waals surface area contributed by atoms with Crippen molar-refractivity contribution in [3.05, 3.63) is 71.8 Å². The van der Waals surface area contributed by atoms with Gasteiger partial charge in [0, 0.05) is 0 Å². The predicted molar refractivity (Wildman–Crippen MR) is 136 cm³/mol. The van der Waals surface area contributed by atoms with Crippen molar-refractivity contribution in [2.24, 2.45) is 0 Å². The summed E-state index contributed by atoms with van der Waals surface area (Å²) >= 11 is 0.703. The standard InChI is InChI=1S/C23H27N2O3.2C2H6.Pb/c1-28-23(27)21-16-20(24-14-8-13-18-9-4-2-5-10-18)17-25(21)22(26)15-19-11-6-3-7-12-19;2*1-2;/h2-7,9-12,15,20-21,24H,8,13-14,16-17H2,1H3;2*1-2H3;. The Morgan fingerprint density at radius 3 is 2.18 bits per heavy atom. The first-order chi connectivity index (χ1) is 16.1. The molecule has 1 saturated heterocycles. The first kappa shape index (κ1) is 29.3. The molecule has 3 rings (SSSR count). The van der Waals surface area contributed by atoms with Gasteiger partial charge in [0.1, 0.15) is 0 Å². The van der Waals surface area contributed by atoms with E-state index in [1.807, 2.05) is 64.1 Å². The SMILES string of the molecule is CC.CC.COC(=O)C1CC(NCCCc2ccccc2)CN1C(=O)[CH]([Pb])c1ccccc1. The molecule has 0 aliphatic carbocycles. The minimum atomic E-state index is -0.501. The van der Waals surface area contributed by atoms with Crippen LogP contribution in [0.2, 0.25) is 0 Å². The van der Waals surface area contributed by atoms with E-state index in [-0.39, 0.29) is 21.4 Å². The molecule has 1 aliphatic rings. The molecule has 179 valence electrons. The van der Waals surface area contributed by atoms with Crippen LogP contribution in [-0.2, 0) is 20.7 Å². The summed E-state index contributed by atoms with van der Waals surface area (Å²) in [5, 5.41) is 3.53. The maximum absolute atomic E-state index is 13.2. The van der Waals surface area contributed by atoms with Gasteiger partial charge in [-0.25, -0.2) is 0 Å². The topological polar surface area (TPSA) is 58.6 Å². The van der Waals surface area contributed by atoms with Crippen LogP contribution < -0.4 is 5.32 Å². The monoisotopic (exact) mass is 647 g/mol. The second-order valence-electron chi connectivity index (χ2n) is 7.35. The van der Waals surface area contributed by atoms with Crippen LogP contribution in [0.15, 0.2) is 60.7 Å². The van der Waals surface area contributed by atoms with Gasteiger partial charge < -0.3 is 0 Å². The number of carbonyl (C=O) groups excluding carboxylic acids is 2. The molecule has 2 aromatic rings. The van der Waals surface area contributed by atoms with Crippen LogP contribution in [0.5, 0.6) is 0 Å². The van der Waals surface area contributed by atoms with E-state index in [0.717, 1.165) is 24.9 Å². The van der Waals surface area contributed by atoms with Crippen LogP contribution in [-0.4, -0.2) is 74.8 Å². The van der Waals surface area contributed by atoms with Crippen molar-refractivity contribution < 1.29 is 14.3 Å². The van der Waals surface area contributed by atoms with Crippen molar-refractivity contribution in [1.29, 1.82) is 0 Å². The number of nitrogens with zero attached hydrogens (tertiary/aromatic N) is 1. The molecule has 2 aromatic carbocycles. The molecule has 0 bridgehead atoms. The Kier molecular flexibility index (Phi) is 14.9. The molecule has 1 heterocycles. The van der Waals surface area contributed by atoms with Gasteiger partial charge in [0.2, 0.25) is 0 Å². The zero-order valence-electron chi connectivity index (χ0n) is 20.7. The summed E-state index contributed by atoms with van der Waals surface area (Å²) in [6, 6.07) is 19.8. The molecular formula is C27H39N2O3Pb. The molecule has 33 heavy (non-hydrogen) atoms. The van der Waals surface area contributed by atoms with Crippen molar-refractivity contribution in [3.8, 4) is 0 Å². The quantitative estimate of drug-likeness (QED) is 0.264. The average molecular weight is 647 g/mol. The summed E-state index contributed by atoms with van der Waals surface area (Å²) in [4.78, 5) is 27.2. The van der Waals surface area contributed by atoms with Gasteiger partial charge in [-0.1, -0.05) is 33.8 Å². The number of esters is 1. The van der Waals surface area contributed by atoms with Crippen LogP contribution in [0.25, 0.3) is 0 Å². The third-order valence-electron chi connectivity index (χ3n) is 5.36. The Morgan fingerprint density at radius 2 is 1.61 bits per heavy atom. The summed E-state index contributed by atoms with van der Waals surface area (Å²) in [6.07, 6.45) is 2.64. The molecule has 1 N–H and O–H groups in total. The van der Waals surface area contributed by atoms with Gasteiger partial charge in [0.25, 0.3) is 0 Å². The number of benzene rings is 2. The van der Waals surface area contributed by atoms with Gasteiger partial charge in [-0.3, -0.25) is 0 Å². The number of carbonyl (C=O) groups is 2. The second kappa shape index (κ2) is 16.8. The summed E-state index contributed by atoms with van der Waals surface area (Å²) < 4.78 is 4.83. The van der Waals surface area contributed by atoms with E-state index in [1.54, 1.807) is 4.90 Å². The zero-order valence-corrected chi connectivity index (χ0v) is 24.6. The second-order valence-corrected chi connectivity index (χ2v) is 9.59. The number of nitrogens with one attached hydrogen (secondary N) is 1. The molecule has 3 radical (unpaired) electrons. The molecule has 0 spiro atoms. The van der Waals surface area contributed by atoms with Gasteiger partial charge in [0.05, 0.1) is 0 Å². The van der Waals surface area contributed by atoms with Crippen molar-refractivity contribution in [3.63, 3.8) is 0 Å². The van der Waals surface area contributed by atoms with E-state index < -0.39 is 6.04 Å². The number of amides is 1. The van der Waals surface area contributed by atoms with Crippen LogP contribution in [0.3, 0.4) is 0 Å². The van der Waals surface area contributed by atoms with Gasteiger partial charge in [-0.15, -0.1) is 0 Å². The van der Waals surface area contributed by atoms with Gasteiger partial charge in [-0.05, 0) is 0 Å². The summed E-state index contributed by atoms with van der Waals surface area (Å²) in [7, 11) is 1.39. The van der Waals surface area contributed by atoms with Crippen molar-refractivity contribution in [2.45, 2.75) is 62.5 Å². The van der Waals surface area contributed by atoms with Crippen LogP contribution in [0.4, 0.5) is 0 Å². The molecule has 0 aromatic heterocycles. The van der Waals surface area contributed by atoms with E-state index in [9.17, 15) is 9.59 Å². The van der Waals surface area contributed by atoms with Crippen LogP contribution in [0, 0.1) is 0 Å². The fourth-order valence-electron chi connectivity index (χ4n) is 3.78. The van der Waals surface area contributed by atoms with E-state index in [0.29, 0.717) is 38.7 Å². The Morgan fingerprint density at radius 1 is 1.03 bits per heavy atom. The summed E-state index contributed by atoms with van der Waals surface area (Å²) in [5.41, 5.74) is 2.35. The van der Waals surface area contributed by atoms with E-state index in [4.69, 9.17) is 4.74 Å². The summed E-state index contributed by atoms with van der Waals surface area (Å²) in [5.74, 6) is -0.291. The van der Waals surface area contributed by atoms with Gasteiger partial charge in [-0.2, -0.15) is 0 Å². The Labute approximate surface area is 216 Å². The summed E-state index contributed by atoms with van der Waals surface area (Å²) in [6.45, 7) is 9.41. The van der Waals surface area contributed by atoms with Crippen LogP contribution >= 0.6 is 0 Å². The van der Waals surface area contributed by atoms with Gasteiger partial charge in [0.15, 0.2) is 0 Å². The molecule has 3 unspecified atom stereocenters. The normalized spacial score (nSPS) is 17.7. The fourth-order valence-corrected chi connectivity index (χ4v) is 5.18. The number of likely N-dealkylation sites (tertiary alicyclic amines) is 1.